The van der Waals surface area contributed by atoms with E-state index < -0.39 is 10.8 Å². The SMILES string of the molecule is CCn1nc(C)c(Cl)c1CS(=O)c1ccc(N)cc1Br. The summed E-state index contributed by atoms with van der Waals surface area (Å²) in [5.41, 5.74) is 7.88. The molecule has 7 heteroatoms. The zero-order valence-electron chi connectivity index (χ0n) is 11.2. The molecule has 2 N–H and O–H groups in total. The van der Waals surface area contributed by atoms with E-state index in [0.29, 0.717) is 27.9 Å². The molecule has 1 unspecified atom stereocenters. The number of nitrogens with zero attached hydrogens (tertiary/aromatic N) is 2. The number of nitrogens with two attached hydrogens (primary N) is 1. The second kappa shape index (κ2) is 6.28. The Kier molecular flexibility index (Phi) is 4.88. The number of aryl methyl sites for hydroxylation is 2. The van der Waals surface area contributed by atoms with Gasteiger partial charge in [-0.05, 0) is 48.0 Å². The van der Waals surface area contributed by atoms with Crippen molar-refractivity contribution >= 4 is 44.0 Å². The third-order valence-corrected chi connectivity index (χ3v) is 5.71. The average Bonchev–Trinajstić information content (AvgIpc) is 2.66. The molecule has 108 valence electrons. The van der Waals surface area contributed by atoms with Gasteiger partial charge in [0.1, 0.15) is 0 Å². The van der Waals surface area contributed by atoms with Gasteiger partial charge in [0.05, 0.1) is 37.9 Å². The third kappa shape index (κ3) is 3.07. The molecule has 20 heavy (non-hydrogen) atoms. The number of nitrogen functional groups attached to an aromatic ring is 1. The number of benzene rings is 1. The van der Waals surface area contributed by atoms with Crippen LogP contribution >= 0.6 is 27.5 Å². The van der Waals surface area contributed by atoms with Crippen molar-refractivity contribution in [2.24, 2.45) is 0 Å². The number of anilines is 1. The largest absolute Gasteiger partial charge is 0.399 e. The highest BCUT2D eigenvalue weighted by Crippen LogP contribution is 2.27. The van der Waals surface area contributed by atoms with Crippen molar-refractivity contribution in [3.05, 3.63) is 39.1 Å². The van der Waals surface area contributed by atoms with E-state index in [1.54, 1.807) is 22.9 Å². The Hall–Kier alpha value is -0.850. The summed E-state index contributed by atoms with van der Waals surface area (Å²) in [6, 6.07) is 5.25. The summed E-state index contributed by atoms with van der Waals surface area (Å²) in [6.07, 6.45) is 0. The van der Waals surface area contributed by atoms with Crippen LogP contribution in [0, 0.1) is 6.92 Å². The molecule has 2 aromatic rings. The third-order valence-electron chi connectivity index (χ3n) is 2.92. The number of aromatic nitrogens is 2. The Balaban J connectivity index is 2.32. The molecule has 2 rings (SSSR count). The van der Waals surface area contributed by atoms with Crippen molar-refractivity contribution in [2.45, 2.75) is 31.0 Å². The van der Waals surface area contributed by atoms with Crippen LogP contribution < -0.4 is 5.73 Å². The highest BCUT2D eigenvalue weighted by molar-refractivity contribution is 9.10. The van der Waals surface area contributed by atoms with Crippen molar-refractivity contribution in [1.82, 2.24) is 9.78 Å². The normalized spacial score (nSPS) is 12.6. The molecule has 0 saturated carbocycles. The first-order valence-electron chi connectivity index (χ1n) is 6.09. The Morgan fingerprint density at radius 3 is 2.80 bits per heavy atom. The summed E-state index contributed by atoms with van der Waals surface area (Å²) in [4.78, 5) is 0.705. The van der Waals surface area contributed by atoms with Gasteiger partial charge in [-0.25, -0.2) is 0 Å². The Morgan fingerprint density at radius 2 is 2.20 bits per heavy atom. The van der Waals surface area contributed by atoms with Gasteiger partial charge in [0.15, 0.2) is 0 Å². The molecule has 0 bridgehead atoms. The standard InChI is InChI=1S/C13H15BrClN3OS/c1-3-18-11(13(15)8(2)17-18)7-20(19)12-5-4-9(16)6-10(12)14/h4-6H,3,7,16H2,1-2H3. The van der Waals surface area contributed by atoms with Crippen molar-refractivity contribution in [3.63, 3.8) is 0 Å². The van der Waals surface area contributed by atoms with E-state index in [0.717, 1.165) is 15.9 Å². The summed E-state index contributed by atoms with van der Waals surface area (Å²) >= 11 is 9.63. The fraction of sp³-hybridized carbons (Fsp3) is 0.308. The second-order valence-corrected chi connectivity index (χ2v) is 6.99. The molecule has 0 radical (unpaired) electrons. The lowest BCUT2D eigenvalue weighted by Crippen LogP contribution is -2.07. The van der Waals surface area contributed by atoms with E-state index >= 15 is 0 Å². The second-order valence-electron chi connectivity index (χ2n) is 4.34. The monoisotopic (exact) mass is 375 g/mol. The maximum Gasteiger partial charge on any atom is 0.0856 e. The van der Waals surface area contributed by atoms with Crippen molar-refractivity contribution in [1.29, 1.82) is 0 Å². The quantitative estimate of drug-likeness (QED) is 0.831. The van der Waals surface area contributed by atoms with Crippen LogP contribution in [-0.2, 0) is 23.1 Å². The molecule has 0 spiro atoms. The zero-order chi connectivity index (χ0) is 14.9. The minimum absolute atomic E-state index is 0.329. The highest BCUT2D eigenvalue weighted by Gasteiger charge is 2.17. The predicted molar refractivity (Wildman–Crippen MR) is 86.3 cm³/mol. The Bertz CT molecular complexity index is 672. The van der Waals surface area contributed by atoms with Crippen molar-refractivity contribution < 1.29 is 4.21 Å². The van der Waals surface area contributed by atoms with Crippen LogP contribution in [0.15, 0.2) is 27.6 Å². The molecular formula is C13H15BrClN3OS. The molecule has 0 aliphatic rings. The molecule has 1 aromatic heterocycles. The van der Waals surface area contributed by atoms with Gasteiger partial charge in [-0.2, -0.15) is 5.10 Å². The molecule has 1 atom stereocenters. The minimum atomic E-state index is -1.21. The number of halogens is 2. The van der Waals surface area contributed by atoms with Gasteiger partial charge in [-0.15, -0.1) is 0 Å². The van der Waals surface area contributed by atoms with E-state index in [1.165, 1.54) is 0 Å². The molecule has 4 nitrogen and oxygen atoms in total. The lowest BCUT2D eigenvalue weighted by molar-refractivity contribution is 0.627. The van der Waals surface area contributed by atoms with Gasteiger partial charge in [0.2, 0.25) is 0 Å². The average molecular weight is 377 g/mol. The highest BCUT2D eigenvalue weighted by atomic mass is 79.9. The maximum atomic E-state index is 12.5. The smallest absolute Gasteiger partial charge is 0.0856 e. The summed E-state index contributed by atoms with van der Waals surface area (Å²) in [7, 11) is -1.21. The first-order valence-corrected chi connectivity index (χ1v) is 8.58. The van der Waals surface area contributed by atoms with E-state index in [2.05, 4.69) is 21.0 Å². The molecule has 0 saturated heterocycles. The first kappa shape index (κ1) is 15.5. The van der Waals surface area contributed by atoms with Crippen LogP contribution in [0.2, 0.25) is 5.02 Å². The summed E-state index contributed by atoms with van der Waals surface area (Å²) in [6.45, 7) is 4.53. The number of rotatable bonds is 4. The number of hydrogen-bond acceptors (Lipinski definition) is 3. The van der Waals surface area contributed by atoms with E-state index in [9.17, 15) is 4.21 Å². The topological polar surface area (TPSA) is 60.9 Å². The lowest BCUT2D eigenvalue weighted by atomic mass is 10.3. The minimum Gasteiger partial charge on any atom is -0.399 e. The van der Waals surface area contributed by atoms with Crippen LogP contribution in [0.5, 0.6) is 0 Å². The predicted octanol–water partition coefficient (Wildman–Crippen LogP) is 3.52. The zero-order valence-corrected chi connectivity index (χ0v) is 14.3. The summed E-state index contributed by atoms with van der Waals surface area (Å²) < 4.78 is 15.1. The molecule has 0 amide bonds. The van der Waals surface area contributed by atoms with E-state index in [-0.39, 0.29) is 0 Å². The van der Waals surface area contributed by atoms with Crippen LogP contribution in [0.3, 0.4) is 0 Å². The van der Waals surface area contributed by atoms with Crippen LogP contribution in [0.25, 0.3) is 0 Å². The van der Waals surface area contributed by atoms with Gasteiger partial charge in [0.25, 0.3) is 0 Å². The molecule has 0 aliphatic heterocycles. The lowest BCUT2D eigenvalue weighted by Gasteiger charge is -2.08. The molecule has 0 fully saturated rings. The van der Waals surface area contributed by atoms with Crippen LogP contribution in [0.4, 0.5) is 5.69 Å². The van der Waals surface area contributed by atoms with E-state index in [1.807, 2.05) is 13.8 Å². The Labute approximate surface area is 133 Å². The van der Waals surface area contributed by atoms with Gasteiger partial charge in [0, 0.05) is 16.7 Å². The fourth-order valence-electron chi connectivity index (χ4n) is 1.91. The number of hydrogen-bond donors (Lipinski definition) is 1. The fourth-order valence-corrected chi connectivity index (χ4v) is 4.32. The van der Waals surface area contributed by atoms with Gasteiger partial charge < -0.3 is 5.73 Å². The molecular weight excluding hydrogens is 362 g/mol. The summed E-state index contributed by atoms with van der Waals surface area (Å²) in [5, 5.41) is 4.92. The van der Waals surface area contributed by atoms with Crippen LogP contribution in [0.1, 0.15) is 18.3 Å². The Morgan fingerprint density at radius 1 is 1.50 bits per heavy atom. The molecule has 1 aromatic carbocycles. The summed E-state index contributed by atoms with van der Waals surface area (Å²) in [5.74, 6) is 0.329. The first-order chi connectivity index (χ1) is 9.43. The van der Waals surface area contributed by atoms with Crippen molar-refractivity contribution in [3.8, 4) is 0 Å². The van der Waals surface area contributed by atoms with Crippen LogP contribution in [-0.4, -0.2) is 14.0 Å². The van der Waals surface area contributed by atoms with Gasteiger partial charge in [-0.1, -0.05) is 11.6 Å². The van der Waals surface area contributed by atoms with Gasteiger partial charge in [-0.3, -0.25) is 8.89 Å². The molecule has 0 aliphatic carbocycles. The maximum absolute atomic E-state index is 12.5. The van der Waals surface area contributed by atoms with Gasteiger partial charge >= 0.3 is 0 Å². The van der Waals surface area contributed by atoms with E-state index in [4.69, 9.17) is 17.3 Å². The van der Waals surface area contributed by atoms with Crippen molar-refractivity contribution in [2.75, 3.05) is 5.73 Å². The molecule has 1 heterocycles.